The van der Waals surface area contributed by atoms with Gasteiger partial charge in [0.05, 0.1) is 10.9 Å². The summed E-state index contributed by atoms with van der Waals surface area (Å²) in [5.74, 6) is -0.0566. The lowest BCUT2D eigenvalue weighted by Gasteiger charge is -2.11. The first kappa shape index (κ1) is 23.0. The number of benzene rings is 2. The number of nitrogens with one attached hydrogen (secondary N) is 2. The number of aromatic nitrogens is 1. The van der Waals surface area contributed by atoms with Gasteiger partial charge >= 0.3 is 0 Å². The monoisotopic (exact) mass is 453 g/mol. The molecule has 0 spiro atoms. The summed E-state index contributed by atoms with van der Waals surface area (Å²) in [4.78, 5) is 31.1. The van der Waals surface area contributed by atoms with E-state index in [9.17, 15) is 9.59 Å². The maximum Gasteiger partial charge on any atom is 0.239 e. The Morgan fingerprint density at radius 3 is 2.45 bits per heavy atom. The first-order valence-electron chi connectivity index (χ1n) is 10.4. The summed E-state index contributed by atoms with van der Waals surface area (Å²) in [5.41, 5.74) is 2.72. The maximum atomic E-state index is 12.7. The predicted molar refractivity (Wildman–Crippen MR) is 131 cm³/mol. The second kappa shape index (κ2) is 11.1. The van der Waals surface area contributed by atoms with Gasteiger partial charge in [0.2, 0.25) is 11.8 Å². The van der Waals surface area contributed by atoms with Crippen molar-refractivity contribution in [1.29, 1.82) is 0 Å². The standard InChI is InChI=1S/C24H27N3O2S2/c1-4-5-11-21(28)25-19-12-14-20(15-13-19)30-17(3)23(29)27-24-26-22(16(2)31-24)18-9-7-6-8-10-18/h6-10,12-15,17H,4-5,11H2,1-3H3,(H,25,28)(H,26,27,29). The second-order valence-electron chi connectivity index (χ2n) is 7.22. The SMILES string of the molecule is CCCCC(=O)Nc1ccc(SC(C)C(=O)Nc2nc(-c3ccccc3)c(C)s2)cc1. The fourth-order valence-corrected chi connectivity index (χ4v) is 4.66. The highest BCUT2D eigenvalue weighted by atomic mass is 32.2. The third-order valence-corrected chi connectivity index (χ3v) is 6.65. The number of thioether (sulfide) groups is 1. The molecule has 7 heteroatoms. The molecule has 0 aliphatic rings. The molecule has 0 aliphatic carbocycles. The number of amides is 2. The van der Waals surface area contributed by atoms with Crippen LogP contribution in [0.15, 0.2) is 59.5 Å². The number of thiazole rings is 1. The van der Waals surface area contributed by atoms with Gasteiger partial charge in [-0.2, -0.15) is 0 Å². The Hall–Kier alpha value is -2.64. The van der Waals surface area contributed by atoms with Crippen molar-refractivity contribution >= 4 is 45.7 Å². The molecular weight excluding hydrogens is 426 g/mol. The Bertz CT molecular complexity index is 1020. The van der Waals surface area contributed by atoms with Crippen molar-refractivity contribution in [3.05, 3.63) is 59.5 Å². The molecule has 3 rings (SSSR count). The smallest absolute Gasteiger partial charge is 0.239 e. The van der Waals surface area contributed by atoms with E-state index in [2.05, 4.69) is 22.5 Å². The van der Waals surface area contributed by atoms with Crippen molar-refractivity contribution in [1.82, 2.24) is 4.98 Å². The lowest BCUT2D eigenvalue weighted by Crippen LogP contribution is -2.22. The van der Waals surface area contributed by atoms with Crippen molar-refractivity contribution in [3.63, 3.8) is 0 Å². The van der Waals surface area contributed by atoms with Crippen LogP contribution < -0.4 is 10.6 Å². The van der Waals surface area contributed by atoms with Gasteiger partial charge in [-0.25, -0.2) is 4.98 Å². The average molecular weight is 454 g/mol. The van der Waals surface area contributed by atoms with Crippen molar-refractivity contribution in [2.75, 3.05) is 10.6 Å². The van der Waals surface area contributed by atoms with Crippen LogP contribution in [0.1, 0.15) is 38.0 Å². The molecule has 2 N–H and O–H groups in total. The molecule has 1 atom stereocenters. The average Bonchev–Trinajstić information content (AvgIpc) is 3.14. The van der Waals surface area contributed by atoms with Gasteiger partial charge in [0.15, 0.2) is 5.13 Å². The van der Waals surface area contributed by atoms with Gasteiger partial charge < -0.3 is 10.6 Å². The Morgan fingerprint density at radius 2 is 1.77 bits per heavy atom. The Morgan fingerprint density at radius 1 is 1.06 bits per heavy atom. The molecule has 1 heterocycles. The molecule has 1 aromatic heterocycles. The Balaban J connectivity index is 1.56. The number of rotatable bonds is 9. The van der Waals surface area contributed by atoms with Gasteiger partial charge in [0.25, 0.3) is 0 Å². The minimum Gasteiger partial charge on any atom is -0.326 e. The van der Waals surface area contributed by atoms with Gasteiger partial charge in [-0.3, -0.25) is 9.59 Å². The van der Waals surface area contributed by atoms with E-state index >= 15 is 0 Å². The van der Waals surface area contributed by atoms with E-state index in [0.717, 1.165) is 39.6 Å². The molecule has 0 bridgehead atoms. The largest absolute Gasteiger partial charge is 0.326 e. The first-order valence-corrected chi connectivity index (χ1v) is 12.1. The molecule has 2 aromatic carbocycles. The number of aryl methyl sites for hydroxylation is 1. The number of unbranched alkanes of at least 4 members (excludes halogenated alkanes) is 1. The third-order valence-electron chi connectivity index (χ3n) is 4.65. The van der Waals surface area contributed by atoms with Crippen molar-refractivity contribution in [2.24, 2.45) is 0 Å². The lowest BCUT2D eigenvalue weighted by atomic mass is 10.1. The molecular formula is C24H27N3O2S2. The minimum absolute atomic E-state index is 0.0311. The van der Waals surface area contributed by atoms with E-state index in [1.165, 1.54) is 23.1 Å². The molecule has 0 radical (unpaired) electrons. The van der Waals surface area contributed by atoms with E-state index in [1.54, 1.807) is 0 Å². The predicted octanol–water partition coefficient (Wildman–Crippen LogP) is 6.37. The highest BCUT2D eigenvalue weighted by molar-refractivity contribution is 8.00. The molecule has 1 unspecified atom stereocenters. The highest BCUT2D eigenvalue weighted by Gasteiger charge is 2.18. The van der Waals surface area contributed by atoms with Gasteiger partial charge in [0.1, 0.15) is 0 Å². The molecule has 31 heavy (non-hydrogen) atoms. The number of carbonyl (C=O) groups is 2. The summed E-state index contributed by atoms with van der Waals surface area (Å²) in [7, 11) is 0. The van der Waals surface area contributed by atoms with Crippen molar-refractivity contribution in [2.45, 2.75) is 50.2 Å². The quantitative estimate of drug-likeness (QED) is 0.370. The van der Waals surface area contributed by atoms with Gasteiger partial charge in [-0.05, 0) is 44.5 Å². The minimum atomic E-state index is -0.283. The van der Waals surface area contributed by atoms with Crippen molar-refractivity contribution < 1.29 is 9.59 Å². The summed E-state index contributed by atoms with van der Waals surface area (Å²) in [6, 6.07) is 17.5. The molecule has 5 nitrogen and oxygen atoms in total. The zero-order valence-corrected chi connectivity index (χ0v) is 19.6. The third kappa shape index (κ3) is 6.67. The molecule has 0 aliphatic heterocycles. The number of hydrogen-bond acceptors (Lipinski definition) is 5. The Kier molecular flexibility index (Phi) is 8.26. The summed E-state index contributed by atoms with van der Waals surface area (Å²) in [6.45, 7) is 5.95. The van der Waals surface area contributed by atoms with Crippen LogP contribution in [-0.2, 0) is 9.59 Å². The van der Waals surface area contributed by atoms with Crippen LogP contribution in [0.4, 0.5) is 10.8 Å². The van der Waals surface area contributed by atoms with Gasteiger partial charge in [-0.1, -0.05) is 43.7 Å². The first-order chi connectivity index (χ1) is 15.0. The molecule has 2 amide bonds. The van der Waals surface area contributed by atoms with E-state index in [4.69, 9.17) is 0 Å². The van der Waals surface area contributed by atoms with Crippen molar-refractivity contribution in [3.8, 4) is 11.3 Å². The van der Waals surface area contributed by atoms with E-state index in [-0.39, 0.29) is 17.1 Å². The molecule has 0 saturated heterocycles. The molecule has 0 saturated carbocycles. The van der Waals surface area contributed by atoms with E-state index in [1.807, 2.05) is 68.4 Å². The normalized spacial score (nSPS) is 11.7. The molecule has 162 valence electrons. The molecule has 3 aromatic rings. The lowest BCUT2D eigenvalue weighted by molar-refractivity contribution is -0.116. The maximum absolute atomic E-state index is 12.7. The zero-order chi connectivity index (χ0) is 22.2. The van der Waals surface area contributed by atoms with Crippen LogP contribution in [-0.4, -0.2) is 22.0 Å². The summed E-state index contributed by atoms with van der Waals surface area (Å²) in [5, 5.41) is 6.17. The summed E-state index contributed by atoms with van der Waals surface area (Å²) < 4.78 is 0. The van der Waals surface area contributed by atoms with Gasteiger partial charge in [0, 0.05) is 27.4 Å². The van der Waals surface area contributed by atoms with E-state index < -0.39 is 0 Å². The van der Waals surface area contributed by atoms with Crippen LogP contribution in [0, 0.1) is 6.92 Å². The number of hydrogen-bond donors (Lipinski definition) is 2. The van der Waals surface area contributed by atoms with Crippen LogP contribution in [0.2, 0.25) is 0 Å². The fraction of sp³-hybridized carbons (Fsp3) is 0.292. The fourth-order valence-electron chi connectivity index (χ4n) is 2.96. The number of nitrogens with zero attached hydrogens (tertiary/aromatic N) is 1. The van der Waals surface area contributed by atoms with E-state index in [0.29, 0.717) is 11.6 Å². The highest BCUT2D eigenvalue weighted by Crippen LogP contribution is 2.31. The van der Waals surface area contributed by atoms with Crippen LogP contribution >= 0.6 is 23.1 Å². The number of anilines is 2. The zero-order valence-electron chi connectivity index (χ0n) is 18.0. The van der Waals surface area contributed by atoms with Crippen LogP contribution in [0.3, 0.4) is 0 Å². The Labute approximate surface area is 191 Å². The topological polar surface area (TPSA) is 71.1 Å². The summed E-state index contributed by atoms with van der Waals surface area (Å²) in [6.07, 6.45) is 2.42. The van der Waals surface area contributed by atoms with Gasteiger partial charge in [-0.15, -0.1) is 23.1 Å². The summed E-state index contributed by atoms with van der Waals surface area (Å²) >= 11 is 2.95. The molecule has 0 fully saturated rings. The second-order valence-corrected chi connectivity index (χ2v) is 9.83. The van der Waals surface area contributed by atoms with Crippen LogP contribution in [0.25, 0.3) is 11.3 Å². The van der Waals surface area contributed by atoms with Crippen LogP contribution in [0.5, 0.6) is 0 Å². The number of carbonyl (C=O) groups excluding carboxylic acids is 2.